The van der Waals surface area contributed by atoms with E-state index in [1.165, 1.54) is 16.0 Å². The van der Waals surface area contributed by atoms with E-state index in [4.69, 9.17) is 4.74 Å². The van der Waals surface area contributed by atoms with Gasteiger partial charge in [0.1, 0.15) is 38.5 Å². The first-order chi connectivity index (χ1) is 14.5. The highest BCUT2D eigenvalue weighted by Crippen LogP contribution is 2.26. The average molecular weight is 412 g/mol. The molecular formula is C25H37N3O2+2. The minimum Gasteiger partial charge on any atom is -0.497 e. The molecule has 1 heterocycles. The monoisotopic (exact) mass is 411 g/mol. The second-order valence-electron chi connectivity index (χ2n) is 8.54. The smallest absolute Gasteiger partial charge is 0.282 e. The minimum atomic E-state index is -0.0440. The molecule has 5 nitrogen and oxygen atoms in total. The summed E-state index contributed by atoms with van der Waals surface area (Å²) < 4.78 is 5.24. The third-order valence-electron chi connectivity index (χ3n) is 6.58. The Kier molecular flexibility index (Phi) is 7.88. The molecule has 0 spiro atoms. The summed E-state index contributed by atoms with van der Waals surface area (Å²) in [5.41, 5.74) is 3.53. The fraction of sp³-hybridized carbons (Fsp3) is 0.480. The van der Waals surface area contributed by atoms with Crippen LogP contribution in [0, 0.1) is 0 Å². The summed E-state index contributed by atoms with van der Waals surface area (Å²) in [6.07, 6.45) is 1.06. The second kappa shape index (κ2) is 10.6. The van der Waals surface area contributed by atoms with Crippen LogP contribution in [0.3, 0.4) is 0 Å². The van der Waals surface area contributed by atoms with Crippen LogP contribution < -0.4 is 19.9 Å². The van der Waals surface area contributed by atoms with Crippen LogP contribution in [0.5, 0.6) is 5.75 Å². The fourth-order valence-electron chi connectivity index (χ4n) is 4.25. The molecule has 0 bridgehead atoms. The van der Waals surface area contributed by atoms with E-state index in [1.54, 1.807) is 12.0 Å². The first-order valence-electron chi connectivity index (χ1n) is 11.2. The largest absolute Gasteiger partial charge is 0.497 e. The highest BCUT2D eigenvalue weighted by molar-refractivity contribution is 5.94. The highest BCUT2D eigenvalue weighted by atomic mass is 16.5. The minimum absolute atomic E-state index is 0.0440. The molecular weight excluding hydrogens is 374 g/mol. The van der Waals surface area contributed by atoms with E-state index in [0.29, 0.717) is 5.92 Å². The molecule has 1 aliphatic heterocycles. The van der Waals surface area contributed by atoms with E-state index in [-0.39, 0.29) is 11.9 Å². The standard InChI is InChI=1S/C25H35N3O2/c1-5-19(2)23-8-6-7-9-24(23)26-25(29)20(3)28-16-14-27(15-17-28)18-21-10-12-22(30-4)13-11-21/h6-13,19-20H,5,14-18H2,1-4H3,(H,26,29)/p+2/t19-,20-/m1/s1. The van der Waals surface area contributed by atoms with Crippen LogP contribution in [0.4, 0.5) is 5.69 Å². The van der Waals surface area contributed by atoms with Gasteiger partial charge in [-0.3, -0.25) is 4.79 Å². The molecule has 0 unspecified atom stereocenters. The van der Waals surface area contributed by atoms with Crippen LogP contribution in [-0.2, 0) is 11.3 Å². The van der Waals surface area contributed by atoms with Gasteiger partial charge in [0.05, 0.1) is 7.11 Å². The van der Waals surface area contributed by atoms with Crippen molar-refractivity contribution in [2.75, 3.05) is 38.6 Å². The van der Waals surface area contributed by atoms with Crippen LogP contribution in [0.1, 0.15) is 44.2 Å². The number of methoxy groups -OCH3 is 1. The zero-order chi connectivity index (χ0) is 21.5. The fourth-order valence-corrected chi connectivity index (χ4v) is 4.25. The lowest BCUT2D eigenvalue weighted by Crippen LogP contribution is -3.29. The number of benzene rings is 2. The van der Waals surface area contributed by atoms with Crippen LogP contribution >= 0.6 is 0 Å². The number of rotatable bonds is 8. The Balaban J connectivity index is 1.52. The molecule has 1 saturated heterocycles. The summed E-state index contributed by atoms with van der Waals surface area (Å²) in [7, 11) is 1.70. The predicted molar refractivity (Wildman–Crippen MR) is 121 cm³/mol. The van der Waals surface area contributed by atoms with Crippen molar-refractivity contribution >= 4 is 11.6 Å². The van der Waals surface area contributed by atoms with Gasteiger partial charge in [0.2, 0.25) is 0 Å². The zero-order valence-electron chi connectivity index (χ0n) is 18.8. The predicted octanol–water partition coefficient (Wildman–Crippen LogP) is 1.52. The lowest BCUT2D eigenvalue weighted by atomic mass is 9.97. The first-order valence-corrected chi connectivity index (χ1v) is 11.2. The quantitative estimate of drug-likeness (QED) is 0.617. The van der Waals surface area contributed by atoms with Gasteiger partial charge in [0, 0.05) is 11.3 Å². The van der Waals surface area contributed by atoms with E-state index in [9.17, 15) is 4.79 Å². The Bertz CT molecular complexity index is 813. The van der Waals surface area contributed by atoms with Gasteiger partial charge in [-0.1, -0.05) is 32.0 Å². The van der Waals surface area contributed by atoms with Gasteiger partial charge in [-0.25, -0.2) is 0 Å². The molecule has 1 fully saturated rings. The molecule has 2 aromatic rings. The third-order valence-corrected chi connectivity index (χ3v) is 6.58. The normalized spacial score (nSPS) is 20.9. The number of piperazine rings is 1. The molecule has 2 atom stereocenters. The number of hydrogen-bond acceptors (Lipinski definition) is 2. The molecule has 0 aliphatic carbocycles. The maximum absolute atomic E-state index is 13.0. The topological polar surface area (TPSA) is 47.2 Å². The van der Waals surface area contributed by atoms with E-state index >= 15 is 0 Å². The van der Waals surface area contributed by atoms with Crippen molar-refractivity contribution < 1.29 is 19.3 Å². The molecule has 0 saturated carbocycles. The van der Waals surface area contributed by atoms with Crippen molar-refractivity contribution in [1.29, 1.82) is 0 Å². The summed E-state index contributed by atoms with van der Waals surface area (Å²) >= 11 is 0. The van der Waals surface area contributed by atoms with Gasteiger partial charge in [0.15, 0.2) is 6.04 Å². The maximum Gasteiger partial charge on any atom is 0.282 e. The van der Waals surface area contributed by atoms with Gasteiger partial charge < -0.3 is 19.9 Å². The van der Waals surface area contributed by atoms with Gasteiger partial charge in [0.25, 0.3) is 5.91 Å². The number of carbonyl (C=O) groups is 1. The number of quaternary nitrogens is 2. The van der Waals surface area contributed by atoms with Crippen molar-refractivity contribution in [3.63, 3.8) is 0 Å². The Morgan fingerprint density at radius 3 is 2.33 bits per heavy atom. The molecule has 5 heteroatoms. The van der Waals surface area contributed by atoms with E-state index in [0.717, 1.165) is 50.6 Å². The van der Waals surface area contributed by atoms with Crippen LogP contribution in [-0.4, -0.2) is 45.2 Å². The molecule has 3 N–H and O–H groups in total. The molecule has 30 heavy (non-hydrogen) atoms. The average Bonchev–Trinajstić information content (AvgIpc) is 2.79. The van der Waals surface area contributed by atoms with E-state index in [1.807, 2.05) is 24.3 Å². The van der Waals surface area contributed by atoms with Gasteiger partial charge in [-0.05, 0) is 55.2 Å². The van der Waals surface area contributed by atoms with Crippen molar-refractivity contribution in [3.8, 4) is 5.75 Å². The molecule has 162 valence electrons. The van der Waals surface area contributed by atoms with E-state index < -0.39 is 0 Å². The molecule has 2 aromatic carbocycles. The van der Waals surface area contributed by atoms with Crippen molar-refractivity contribution in [1.82, 2.24) is 0 Å². The molecule has 0 radical (unpaired) electrons. The number of anilines is 1. The second-order valence-corrected chi connectivity index (χ2v) is 8.54. The zero-order valence-corrected chi connectivity index (χ0v) is 18.8. The number of carbonyl (C=O) groups excluding carboxylic acids is 1. The Morgan fingerprint density at radius 2 is 1.70 bits per heavy atom. The molecule has 1 amide bonds. The number of hydrogen-bond donors (Lipinski definition) is 3. The van der Waals surface area contributed by atoms with Gasteiger partial charge in [-0.2, -0.15) is 0 Å². The molecule has 3 rings (SSSR count). The summed E-state index contributed by atoms with van der Waals surface area (Å²) in [6, 6.07) is 16.5. The molecule has 0 aromatic heterocycles. The summed E-state index contributed by atoms with van der Waals surface area (Å²) in [6.45, 7) is 11.7. The Hall–Kier alpha value is -2.37. The Morgan fingerprint density at radius 1 is 1.03 bits per heavy atom. The lowest BCUT2D eigenvalue weighted by Gasteiger charge is -2.32. The first kappa shape index (κ1) is 22.3. The highest BCUT2D eigenvalue weighted by Gasteiger charge is 2.31. The summed E-state index contributed by atoms with van der Waals surface area (Å²) in [5.74, 6) is 1.46. The third kappa shape index (κ3) is 5.61. The van der Waals surface area contributed by atoms with Crippen molar-refractivity contribution in [2.24, 2.45) is 0 Å². The SMILES string of the molecule is CC[C@@H](C)c1ccccc1NC(=O)[C@@H](C)[NH+]1CC[NH+](Cc2ccc(OC)cc2)CC1. The number of amides is 1. The number of nitrogens with one attached hydrogen (secondary N) is 3. The van der Waals surface area contributed by atoms with Crippen molar-refractivity contribution in [3.05, 3.63) is 59.7 Å². The number of ether oxygens (including phenoxy) is 1. The van der Waals surface area contributed by atoms with Crippen molar-refractivity contribution in [2.45, 2.75) is 45.7 Å². The maximum atomic E-state index is 13.0. The van der Waals surface area contributed by atoms with Crippen LogP contribution in [0.15, 0.2) is 48.5 Å². The van der Waals surface area contributed by atoms with Gasteiger partial charge in [-0.15, -0.1) is 0 Å². The Labute approximate surface area is 181 Å². The summed E-state index contributed by atoms with van der Waals surface area (Å²) in [4.78, 5) is 15.9. The molecule has 1 aliphatic rings. The number of para-hydroxylation sites is 1. The van der Waals surface area contributed by atoms with Crippen LogP contribution in [0.2, 0.25) is 0 Å². The summed E-state index contributed by atoms with van der Waals surface area (Å²) in [5, 5.41) is 3.21. The van der Waals surface area contributed by atoms with Gasteiger partial charge >= 0.3 is 0 Å². The lowest BCUT2D eigenvalue weighted by molar-refractivity contribution is -1.02. The van der Waals surface area contributed by atoms with E-state index in [2.05, 4.69) is 50.4 Å². The van der Waals surface area contributed by atoms with Crippen LogP contribution in [0.25, 0.3) is 0 Å².